The molecule has 2 rings (SSSR count). The van der Waals surface area contributed by atoms with Gasteiger partial charge in [0.05, 0.1) is 0 Å². The third-order valence-corrected chi connectivity index (χ3v) is 3.95. The van der Waals surface area contributed by atoms with E-state index in [2.05, 4.69) is 17.1 Å². The van der Waals surface area contributed by atoms with Crippen LogP contribution < -0.4 is 0 Å². The highest BCUT2D eigenvalue weighted by Gasteiger charge is 2.04. The van der Waals surface area contributed by atoms with E-state index in [1.165, 1.54) is 0 Å². The van der Waals surface area contributed by atoms with E-state index in [1.54, 1.807) is 35.2 Å². The molecule has 0 amide bonds. The summed E-state index contributed by atoms with van der Waals surface area (Å²) in [5.74, 6) is 1.32. The average molecular weight is 252 g/mol. The lowest BCUT2D eigenvalue weighted by molar-refractivity contribution is 0.475. The Bertz CT molecular complexity index is 453. The predicted molar refractivity (Wildman–Crippen MR) is 67.2 cm³/mol. The van der Waals surface area contributed by atoms with Crippen molar-refractivity contribution in [2.75, 3.05) is 5.75 Å². The monoisotopic (exact) mass is 252 g/mol. The van der Waals surface area contributed by atoms with E-state index in [0.29, 0.717) is 5.75 Å². The molecule has 16 heavy (non-hydrogen) atoms. The van der Waals surface area contributed by atoms with Crippen LogP contribution in [0.15, 0.2) is 28.6 Å². The van der Waals surface area contributed by atoms with Crippen LogP contribution in [0, 0.1) is 0 Å². The molecule has 0 fully saturated rings. The fourth-order valence-corrected chi connectivity index (χ4v) is 3.11. The first-order valence-electron chi connectivity index (χ1n) is 5.01. The molecular weight excluding hydrogens is 240 g/mol. The minimum atomic E-state index is 0.295. The Balaban J connectivity index is 2.05. The van der Waals surface area contributed by atoms with Gasteiger partial charge in [-0.2, -0.15) is 0 Å². The number of hydrogen-bond acceptors (Lipinski definition) is 5. The van der Waals surface area contributed by atoms with Crippen molar-refractivity contribution in [3.8, 4) is 5.75 Å². The smallest absolute Gasteiger partial charge is 0.174 e. The Morgan fingerprint density at radius 3 is 2.69 bits per heavy atom. The van der Waals surface area contributed by atoms with Gasteiger partial charge in [-0.1, -0.05) is 42.2 Å². The summed E-state index contributed by atoms with van der Waals surface area (Å²) in [6, 6.07) is 7.20. The summed E-state index contributed by atoms with van der Waals surface area (Å²) in [5, 5.41) is 18.4. The summed E-state index contributed by atoms with van der Waals surface area (Å²) in [7, 11) is 0. The minimum Gasteiger partial charge on any atom is -0.508 e. The van der Waals surface area contributed by atoms with E-state index >= 15 is 0 Å². The van der Waals surface area contributed by atoms with Gasteiger partial charge in [-0.25, -0.2) is 0 Å². The second-order valence-electron chi connectivity index (χ2n) is 3.24. The lowest BCUT2D eigenvalue weighted by atomic mass is 10.1. The number of aromatic hydroxyl groups is 1. The van der Waals surface area contributed by atoms with Crippen molar-refractivity contribution in [2.45, 2.75) is 17.7 Å². The highest BCUT2D eigenvalue weighted by atomic mass is 32.2. The SMILES string of the molecule is CCSc1nnc(Cc2ccc(O)cc2)s1. The third kappa shape index (κ3) is 2.96. The number of thioether (sulfide) groups is 1. The van der Waals surface area contributed by atoms with Crippen molar-refractivity contribution in [1.29, 1.82) is 0 Å². The molecule has 0 aliphatic heterocycles. The molecule has 0 atom stereocenters. The van der Waals surface area contributed by atoms with Crippen LogP contribution in [-0.4, -0.2) is 21.1 Å². The molecule has 84 valence electrons. The van der Waals surface area contributed by atoms with Gasteiger partial charge in [0.1, 0.15) is 10.8 Å². The molecule has 0 saturated heterocycles. The Hall–Kier alpha value is -1.07. The number of rotatable bonds is 4. The Morgan fingerprint density at radius 2 is 2.00 bits per heavy atom. The van der Waals surface area contributed by atoms with Crippen LogP contribution in [0.3, 0.4) is 0 Å². The van der Waals surface area contributed by atoms with Gasteiger partial charge in [-0.3, -0.25) is 0 Å². The van der Waals surface area contributed by atoms with Crippen LogP contribution in [0.5, 0.6) is 5.75 Å². The Labute approximate surface area is 103 Å². The van der Waals surface area contributed by atoms with Crippen LogP contribution in [0.25, 0.3) is 0 Å². The highest BCUT2D eigenvalue weighted by Crippen LogP contribution is 2.23. The molecule has 1 aromatic heterocycles. The largest absolute Gasteiger partial charge is 0.508 e. The maximum absolute atomic E-state index is 9.17. The lowest BCUT2D eigenvalue weighted by Crippen LogP contribution is -1.86. The summed E-state index contributed by atoms with van der Waals surface area (Å²) in [4.78, 5) is 0. The minimum absolute atomic E-state index is 0.295. The normalized spacial score (nSPS) is 10.6. The predicted octanol–water partition coefficient (Wildman–Crippen LogP) is 2.95. The molecule has 0 aliphatic rings. The fourth-order valence-electron chi connectivity index (χ4n) is 1.28. The van der Waals surface area contributed by atoms with E-state index in [4.69, 9.17) is 5.11 Å². The number of phenolic OH excluding ortho intramolecular Hbond substituents is 1. The van der Waals surface area contributed by atoms with Crippen molar-refractivity contribution >= 4 is 23.1 Å². The number of hydrogen-bond donors (Lipinski definition) is 1. The van der Waals surface area contributed by atoms with Gasteiger partial charge in [0, 0.05) is 6.42 Å². The molecular formula is C11H12N2OS2. The molecule has 1 aromatic carbocycles. The van der Waals surface area contributed by atoms with Gasteiger partial charge in [-0.05, 0) is 23.4 Å². The maximum Gasteiger partial charge on any atom is 0.174 e. The van der Waals surface area contributed by atoms with Crippen molar-refractivity contribution in [3.63, 3.8) is 0 Å². The maximum atomic E-state index is 9.17. The first-order valence-corrected chi connectivity index (χ1v) is 6.81. The number of aromatic nitrogens is 2. The van der Waals surface area contributed by atoms with E-state index in [9.17, 15) is 0 Å². The van der Waals surface area contributed by atoms with E-state index < -0.39 is 0 Å². The molecule has 0 aliphatic carbocycles. The van der Waals surface area contributed by atoms with Crippen molar-refractivity contribution in [1.82, 2.24) is 10.2 Å². The second kappa shape index (κ2) is 5.32. The zero-order valence-electron chi connectivity index (χ0n) is 8.88. The molecule has 0 bridgehead atoms. The van der Waals surface area contributed by atoms with E-state index in [-0.39, 0.29) is 0 Å². The van der Waals surface area contributed by atoms with Gasteiger partial charge in [0.25, 0.3) is 0 Å². The quantitative estimate of drug-likeness (QED) is 0.850. The molecule has 0 radical (unpaired) electrons. The molecule has 1 N–H and O–H groups in total. The third-order valence-electron chi connectivity index (χ3n) is 2.01. The van der Waals surface area contributed by atoms with Crippen LogP contribution in [0.4, 0.5) is 0 Å². The molecule has 2 aromatic rings. The van der Waals surface area contributed by atoms with Crippen molar-refractivity contribution in [2.24, 2.45) is 0 Å². The average Bonchev–Trinajstić information content (AvgIpc) is 2.70. The van der Waals surface area contributed by atoms with E-state index in [0.717, 1.165) is 27.1 Å². The summed E-state index contributed by atoms with van der Waals surface area (Å²) < 4.78 is 1.02. The zero-order chi connectivity index (χ0) is 11.4. The van der Waals surface area contributed by atoms with Crippen LogP contribution in [-0.2, 0) is 6.42 Å². The molecule has 0 saturated carbocycles. The van der Waals surface area contributed by atoms with Crippen molar-refractivity contribution in [3.05, 3.63) is 34.8 Å². The molecule has 3 nitrogen and oxygen atoms in total. The van der Waals surface area contributed by atoms with Crippen LogP contribution >= 0.6 is 23.1 Å². The summed E-state index contributed by atoms with van der Waals surface area (Å²) >= 11 is 3.35. The Kier molecular flexibility index (Phi) is 3.79. The fraction of sp³-hybridized carbons (Fsp3) is 0.273. The number of nitrogens with zero attached hydrogens (tertiary/aromatic N) is 2. The van der Waals surface area contributed by atoms with Crippen LogP contribution in [0.2, 0.25) is 0 Å². The van der Waals surface area contributed by atoms with E-state index in [1.807, 2.05) is 12.1 Å². The lowest BCUT2D eigenvalue weighted by Gasteiger charge is -1.96. The highest BCUT2D eigenvalue weighted by molar-refractivity contribution is 8.00. The number of phenols is 1. The van der Waals surface area contributed by atoms with Crippen LogP contribution in [0.1, 0.15) is 17.5 Å². The molecule has 0 spiro atoms. The van der Waals surface area contributed by atoms with Gasteiger partial charge in [-0.15, -0.1) is 10.2 Å². The van der Waals surface area contributed by atoms with Gasteiger partial charge in [0.2, 0.25) is 0 Å². The summed E-state index contributed by atoms with van der Waals surface area (Å²) in [6.07, 6.45) is 0.780. The van der Waals surface area contributed by atoms with Crippen molar-refractivity contribution < 1.29 is 5.11 Å². The summed E-state index contributed by atoms with van der Waals surface area (Å²) in [6.45, 7) is 2.10. The zero-order valence-corrected chi connectivity index (χ0v) is 10.5. The standard InChI is InChI=1S/C11H12N2OS2/c1-2-15-11-13-12-10(16-11)7-8-3-5-9(14)6-4-8/h3-6,14H,2,7H2,1H3. The topological polar surface area (TPSA) is 46.0 Å². The first-order chi connectivity index (χ1) is 7.78. The molecule has 5 heteroatoms. The van der Waals surface area contributed by atoms with Gasteiger partial charge in [0.15, 0.2) is 4.34 Å². The first kappa shape index (κ1) is 11.4. The second-order valence-corrected chi connectivity index (χ2v) is 5.81. The van der Waals surface area contributed by atoms with Gasteiger partial charge < -0.3 is 5.11 Å². The molecule has 0 unspecified atom stereocenters. The van der Waals surface area contributed by atoms with Gasteiger partial charge >= 0.3 is 0 Å². The molecule has 1 heterocycles. The summed E-state index contributed by atoms with van der Waals surface area (Å²) in [5.41, 5.74) is 1.14. The Morgan fingerprint density at radius 1 is 1.25 bits per heavy atom. The number of benzene rings is 1.